The Labute approximate surface area is 168 Å². The molecule has 2 aromatic rings. The molecule has 1 aromatic heterocycles. The number of methoxy groups -OCH3 is 1. The summed E-state index contributed by atoms with van der Waals surface area (Å²) in [4.78, 5) is 4.97. The molecular formula is C22H34N4O2. The van der Waals surface area contributed by atoms with Gasteiger partial charge < -0.3 is 9.84 Å². The first-order valence-corrected chi connectivity index (χ1v) is 10.2. The maximum absolute atomic E-state index is 9.58. The Balaban J connectivity index is 1.62. The summed E-state index contributed by atoms with van der Waals surface area (Å²) in [5.41, 5.74) is 4.75. The average molecular weight is 387 g/mol. The number of aromatic nitrogens is 2. The minimum Gasteiger partial charge on any atom is -0.496 e. The second-order valence-corrected chi connectivity index (χ2v) is 8.15. The molecule has 28 heavy (non-hydrogen) atoms. The number of nitrogens with one attached hydrogen (secondary N) is 1. The molecule has 1 saturated heterocycles. The first-order valence-electron chi connectivity index (χ1n) is 10.2. The van der Waals surface area contributed by atoms with Crippen LogP contribution in [0, 0.1) is 6.92 Å². The number of H-pyrrole nitrogens is 1. The van der Waals surface area contributed by atoms with Crippen molar-refractivity contribution in [2.45, 2.75) is 52.2 Å². The van der Waals surface area contributed by atoms with Crippen LogP contribution in [0.2, 0.25) is 0 Å². The summed E-state index contributed by atoms with van der Waals surface area (Å²) in [5, 5.41) is 17.2. The lowest BCUT2D eigenvalue weighted by Crippen LogP contribution is -2.52. The van der Waals surface area contributed by atoms with Gasteiger partial charge in [-0.1, -0.05) is 26.0 Å². The minimum absolute atomic E-state index is 0.220. The highest BCUT2D eigenvalue weighted by atomic mass is 16.5. The van der Waals surface area contributed by atoms with Crippen LogP contribution in [0.5, 0.6) is 5.75 Å². The van der Waals surface area contributed by atoms with Crippen LogP contribution in [-0.2, 0) is 13.1 Å². The number of aromatic amines is 1. The number of aliphatic hydroxyl groups excluding tert-OH is 1. The molecule has 0 aliphatic carbocycles. The minimum atomic E-state index is 0.220. The van der Waals surface area contributed by atoms with E-state index in [-0.39, 0.29) is 6.61 Å². The van der Waals surface area contributed by atoms with Gasteiger partial charge in [0.25, 0.3) is 0 Å². The number of hydrogen-bond acceptors (Lipinski definition) is 5. The van der Waals surface area contributed by atoms with Crippen molar-refractivity contribution < 1.29 is 9.84 Å². The number of nitrogens with zero attached hydrogens (tertiary/aromatic N) is 3. The lowest BCUT2D eigenvalue weighted by Gasteiger charge is -2.41. The van der Waals surface area contributed by atoms with Crippen LogP contribution in [0.3, 0.4) is 0 Å². The molecule has 0 amide bonds. The molecule has 2 heterocycles. The van der Waals surface area contributed by atoms with Crippen molar-refractivity contribution in [1.29, 1.82) is 0 Å². The third-order valence-electron chi connectivity index (χ3n) is 5.63. The number of hydrogen-bond donors (Lipinski definition) is 2. The van der Waals surface area contributed by atoms with Crippen LogP contribution in [0.15, 0.2) is 24.3 Å². The Bertz CT molecular complexity index is 759. The molecule has 6 heteroatoms. The number of rotatable bonds is 8. The quantitative estimate of drug-likeness (QED) is 0.730. The molecule has 1 aliphatic rings. The summed E-state index contributed by atoms with van der Waals surface area (Å²) in [5.74, 6) is 1.37. The van der Waals surface area contributed by atoms with Crippen LogP contribution >= 0.6 is 0 Å². The zero-order valence-electron chi connectivity index (χ0n) is 17.6. The first-order chi connectivity index (χ1) is 13.5. The smallest absolute Gasteiger partial charge is 0.121 e. The molecule has 0 bridgehead atoms. The van der Waals surface area contributed by atoms with E-state index >= 15 is 0 Å². The van der Waals surface area contributed by atoms with Gasteiger partial charge in [0.15, 0.2) is 0 Å². The van der Waals surface area contributed by atoms with E-state index in [1.165, 1.54) is 11.3 Å². The standard InChI is InChI=1S/C22H34N4O2/c1-16(2)21-12-19(23-24-21)14-25-8-9-26(20(15-25)7-10-27)13-18-5-6-22(28-4)17(3)11-18/h5-6,11-12,16,20,27H,7-10,13-15H2,1-4H3,(H,23,24). The Hall–Kier alpha value is -1.89. The summed E-state index contributed by atoms with van der Waals surface area (Å²) in [6.45, 7) is 11.4. The van der Waals surface area contributed by atoms with E-state index in [4.69, 9.17) is 4.74 Å². The van der Waals surface area contributed by atoms with Gasteiger partial charge in [0.2, 0.25) is 0 Å². The molecule has 154 valence electrons. The van der Waals surface area contributed by atoms with Crippen molar-refractivity contribution in [3.05, 3.63) is 46.8 Å². The first kappa shape index (κ1) is 20.8. The summed E-state index contributed by atoms with van der Waals surface area (Å²) < 4.78 is 5.38. The second kappa shape index (κ2) is 9.54. The summed E-state index contributed by atoms with van der Waals surface area (Å²) in [6, 6.07) is 8.93. The molecule has 6 nitrogen and oxygen atoms in total. The Kier molecular flexibility index (Phi) is 7.10. The Morgan fingerprint density at radius 1 is 1.25 bits per heavy atom. The lowest BCUT2D eigenvalue weighted by molar-refractivity contribution is 0.0494. The number of piperazine rings is 1. The largest absolute Gasteiger partial charge is 0.496 e. The highest BCUT2D eigenvalue weighted by Gasteiger charge is 2.27. The highest BCUT2D eigenvalue weighted by Crippen LogP contribution is 2.23. The van der Waals surface area contributed by atoms with Crippen LogP contribution in [0.4, 0.5) is 0 Å². The zero-order valence-corrected chi connectivity index (χ0v) is 17.6. The molecular weight excluding hydrogens is 352 g/mol. The van der Waals surface area contributed by atoms with Crippen LogP contribution in [-0.4, -0.2) is 64.5 Å². The van der Waals surface area contributed by atoms with Gasteiger partial charge in [0.05, 0.1) is 12.8 Å². The Morgan fingerprint density at radius 2 is 2.07 bits per heavy atom. The fourth-order valence-electron chi connectivity index (χ4n) is 4.00. The molecule has 3 rings (SSSR count). The van der Waals surface area contributed by atoms with Gasteiger partial charge in [0, 0.05) is 51.1 Å². The Morgan fingerprint density at radius 3 is 2.71 bits per heavy atom. The van der Waals surface area contributed by atoms with E-state index in [2.05, 4.69) is 59.0 Å². The van der Waals surface area contributed by atoms with E-state index in [1.54, 1.807) is 7.11 Å². The highest BCUT2D eigenvalue weighted by molar-refractivity contribution is 5.36. The third kappa shape index (κ3) is 5.13. The molecule has 1 fully saturated rings. The van der Waals surface area contributed by atoms with E-state index in [0.717, 1.165) is 56.2 Å². The fraction of sp³-hybridized carbons (Fsp3) is 0.591. The number of aryl methyl sites for hydroxylation is 1. The maximum Gasteiger partial charge on any atom is 0.121 e. The SMILES string of the molecule is COc1ccc(CN2CCN(Cc3cc(C(C)C)n[nH]3)CC2CCO)cc1C. The van der Waals surface area contributed by atoms with Crippen LogP contribution < -0.4 is 4.74 Å². The van der Waals surface area contributed by atoms with Crippen molar-refractivity contribution in [2.75, 3.05) is 33.4 Å². The second-order valence-electron chi connectivity index (χ2n) is 8.15. The zero-order chi connectivity index (χ0) is 20.1. The molecule has 1 aliphatic heterocycles. The topological polar surface area (TPSA) is 64.6 Å². The predicted molar refractivity (Wildman–Crippen MR) is 112 cm³/mol. The summed E-state index contributed by atoms with van der Waals surface area (Å²) in [7, 11) is 1.71. The van der Waals surface area contributed by atoms with Gasteiger partial charge in [-0.2, -0.15) is 5.10 Å². The van der Waals surface area contributed by atoms with Gasteiger partial charge in [-0.25, -0.2) is 0 Å². The normalized spacial score (nSPS) is 18.7. The fourth-order valence-corrected chi connectivity index (χ4v) is 4.00. The van der Waals surface area contributed by atoms with Crippen molar-refractivity contribution in [3.8, 4) is 5.75 Å². The molecule has 2 N–H and O–H groups in total. The molecule has 1 unspecified atom stereocenters. The number of aliphatic hydroxyl groups is 1. The van der Waals surface area contributed by atoms with Gasteiger partial charge in [-0.3, -0.25) is 14.9 Å². The van der Waals surface area contributed by atoms with Crippen LogP contribution in [0.1, 0.15) is 48.7 Å². The van der Waals surface area contributed by atoms with E-state index in [1.807, 2.05) is 6.07 Å². The maximum atomic E-state index is 9.58. The van der Waals surface area contributed by atoms with E-state index < -0.39 is 0 Å². The number of benzene rings is 1. The van der Waals surface area contributed by atoms with Crippen molar-refractivity contribution in [2.24, 2.45) is 0 Å². The van der Waals surface area contributed by atoms with E-state index in [9.17, 15) is 5.11 Å². The van der Waals surface area contributed by atoms with Crippen molar-refractivity contribution >= 4 is 0 Å². The van der Waals surface area contributed by atoms with Gasteiger partial charge in [-0.05, 0) is 42.5 Å². The van der Waals surface area contributed by atoms with Crippen LogP contribution in [0.25, 0.3) is 0 Å². The van der Waals surface area contributed by atoms with E-state index in [0.29, 0.717) is 12.0 Å². The summed E-state index contributed by atoms with van der Waals surface area (Å²) >= 11 is 0. The number of ether oxygens (including phenoxy) is 1. The molecule has 0 radical (unpaired) electrons. The van der Waals surface area contributed by atoms with Gasteiger partial charge in [0.1, 0.15) is 5.75 Å². The third-order valence-corrected chi connectivity index (χ3v) is 5.63. The molecule has 1 atom stereocenters. The molecule has 1 aromatic carbocycles. The monoisotopic (exact) mass is 386 g/mol. The predicted octanol–water partition coefficient (Wildman–Crippen LogP) is 2.92. The summed E-state index contributed by atoms with van der Waals surface area (Å²) in [6.07, 6.45) is 0.797. The van der Waals surface area contributed by atoms with Crippen molar-refractivity contribution in [3.63, 3.8) is 0 Å². The lowest BCUT2D eigenvalue weighted by atomic mass is 10.0. The molecule has 0 saturated carbocycles. The van der Waals surface area contributed by atoms with Gasteiger partial charge >= 0.3 is 0 Å². The molecule has 0 spiro atoms. The van der Waals surface area contributed by atoms with Crippen molar-refractivity contribution in [1.82, 2.24) is 20.0 Å². The average Bonchev–Trinajstić information content (AvgIpc) is 3.13. The van der Waals surface area contributed by atoms with Gasteiger partial charge in [-0.15, -0.1) is 0 Å².